The molecule has 0 rings (SSSR count). The third-order valence-electron chi connectivity index (χ3n) is 2.20. The van der Waals surface area contributed by atoms with Crippen LogP contribution < -0.4 is 0 Å². The molecule has 0 heterocycles. The molecule has 0 saturated carbocycles. The number of rotatable bonds is 8. The number of hydrogen-bond donors (Lipinski definition) is 0. The van der Waals surface area contributed by atoms with Gasteiger partial charge in [0, 0.05) is 6.42 Å². The number of unbranched alkanes of at least 4 members (excludes halogenated alkanes) is 1. The van der Waals surface area contributed by atoms with Crippen LogP contribution >= 0.6 is 0 Å². The van der Waals surface area contributed by atoms with Gasteiger partial charge in [-0.2, -0.15) is 5.26 Å². The molecule has 84 valence electrons. The highest BCUT2D eigenvalue weighted by atomic mass is 28.4. The van der Waals surface area contributed by atoms with Crippen LogP contribution in [0.1, 0.15) is 19.3 Å². The van der Waals surface area contributed by atoms with E-state index in [-0.39, 0.29) is 6.10 Å². The smallest absolute Gasteiger partial charge is 0.187 e. The van der Waals surface area contributed by atoms with Crippen molar-refractivity contribution in [3.63, 3.8) is 0 Å². The SMILES string of the molecule is C=CCC(C=C)O[Si](C)(C)CCCC#N. The van der Waals surface area contributed by atoms with Gasteiger partial charge < -0.3 is 4.43 Å². The van der Waals surface area contributed by atoms with Crippen LogP contribution in [0.2, 0.25) is 19.1 Å². The molecular formula is C12H21NOSi. The lowest BCUT2D eigenvalue weighted by molar-refractivity contribution is 0.242. The zero-order valence-electron chi connectivity index (χ0n) is 9.83. The van der Waals surface area contributed by atoms with Crippen LogP contribution in [0, 0.1) is 11.3 Å². The van der Waals surface area contributed by atoms with Crippen molar-refractivity contribution in [2.45, 2.75) is 44.5 Å². The molecule has 0 N–H and O–H groups in total. The normalized spacial score (nSPS) is 12.9. The van der Waals surface area contributed by atoms with Gasteiger partial charge in [-0.25, -0.2) is 0 Å². The Hall–Kier alpha value is -0.853. The average Bonchev–Trinajstić information content (AvgIpc) is 2.17. The molecule has 15 heavy (non-hydrogen) atoms. The van der Waals surface area contributed by atoms with Crippen LogP contribution in [0.15, 0.2) is 25.3 Å². The highest BCUT2D eigenvalue weighted by Crippen LogP contribution is 2.18. The Morgan fingerprint density at radius 2 is 2.13 bits per heavy atom. The zero-order valence-corrected chi connectivity index (χ0v) is 10.8. The maximum Gasteiger partial charge on any atom is 0.187 e. The summed E-state index contributed by atoms with van der Waals surface area (Å²) in [6.45, 7) is 11.8. The van der Waals surface area contributed by atoms with E-state index in [1.165, 1.54) is 0 Å². The summed E-state index contributed by atoms with van der Waals surface area (Å²) in [6, 6.07) is 3.19. The third kappa shape index (κ3) is 7.12. The molecule has 0 fully saturated rings. The fourth-order valence-corrected chi connectivity index (χ4v) is 3.58. The van der Waals surface area contributed by atoms with E-state index in [1.807, 2.05) is 12.2 Å². The minimum atomic E-state index is -1.63. The van der Waals surface area contributed by atoms with Crippen molar-refractivity contribution in [1.29, 1.82) is 5.26 Å². The third-order valence-corrected chi connectivity index (χ3v) is 4.70. The Labute approximate surface area is 94.4 Å². The Morgan fingerprint density at radius 1 is 1.47 bits per heavy atom. The van der Waals surface area contributed by atoms with Gasteiger partial charge >= 0.3 is 0 Å². The summed E-state index contributed by atoms with van der Waals surface area (Å²) in [4.78, 5) is 0. The Bertz CT molecular complexity index is 242. The second kappa shape index (κ2) is 7.44. The molecule has 1 atom stereocenters. The van der Waals surface area contributed by atoms with Gasteiger partial charge in [0.15, 0.2) is 8.32 Å². The topological polar surface area (TPSA) is 33.0 Å². The molecule has 0 aliphatic heterocycles. The van der Waals surface area contributed by atoms with Crippen molar-refractivity contribution in [3.05, 3.63) is 25.3 Å². The van der Waals surface area contributed by atoms with Gasteiger partial charge in [-0.05, 0) is 32.0 Å². The number of hydrogen-bond acceptors (Lipinski definition) is 2. The van der Waals surface area contributed by atoms with Crippen molar-refractivity contribution in [2.75, 3.05) is 0 Å². The van der Waals surface area contributed by atoms with Crippen LogP contribution in [0.3, 0.4) is 0 Å². The zero-order chi connectivity index (χ0) is 11.7. The van der Waals surface area contributed by atoms with E-state index >= 15 is 0 Å². The average molecular weight is 223 g/mol. The van der Waals surface area contributed by atoms with Gasteiger partial charge in [-0.3, -0.25) is 0 Å². The summed E-state index contributed by atoms with van der Waals surface area (Å²) in [7, 11) is -1.63. The number of nitrogens with zero attached hydrogens (tertiary/aromatic N) is 1. The molecule has 0 spiro atoms. The standard InChI is InChI=1S/C12H21NOSi/c1-5-9-12(6-2)14-15(3,4)11-8-7-10-13/h5-6,12H,1-2,7-9,11H2,3-4H3. The largest absolute Gasteiger partial charge is 0.411 e. The van der Waals surface area contributed by atoms with Crippen LogP contribution in [0.4, 0.5) is 0 Å². The fraction of sp³-hybridized carbons (Fsp3) is 0.583. The quantitative estimate of drug-likeness (QED) is 0.357. The van der Waals surface area contributed by atoms with Gasteiger partial charge in [0.25, 0.3) is 0 Å². The van der Waals surface area contributed by atoms with Gasteiger partial charge in [0.2, 0.25) is 0 Å². The molecule has 1 unspecified atom stereocenters. The Morgan fingerprint density at radius 3 is 2.60 bits per heavy atom. The maximum atomic E-state index is 8.47. The van der Waals surface area contributed by atoms with Crippen LogP contribution in [0.25, 0.3) is 0 Å². The molecule has 0 radical (unpaired) electrons. The van der Waals surface area contributed by atoms with E-state index in [4.69, 9.17) is 9.69 Å². The highest BCUT2D eigenvalue weighted by molar-refractivity contribution is 6.71. The van der Waals surface area contributed by atoms with Crippen LogP contribution in [-0.4, -0.2) is 14.4 Å². The minimum absolute atomic E-state index is 0.0891. The second-order valence-electron chi connectivity index (χ2n) is 4.19. The molecule has 0 aliphatic rings. The van der Waals surface area contributed by atoms with E-state index in [2.05, 4.69) is 32.3 Å². The second-order valence-corrected chi connectivity index (χ2v) is 8.44. The van der Waals surface area contributed by atoms with Crippen molar-refractivity contribution in [2.24, 2.45) is 0 Å². The molecular weight excluding hydrogens is 202 g/mol. The maximum absolute atomic E-state index is 8.47. The van der Waals surface area contributed by atoms with E-state index in [1.54, 1.807) is 0 Å². The van der Waals surface area contributed by atoms with Gasteiger partial charge in [-0.1, -0.05) is 12.2 Å². The first-order valence-corrected chi connectivity index (χ1v) is 8.45. The van der Waals surface area contributed by atoms with E-state index in [9.17, 15) is 0 Å². The van der Waals surface area contributed by atoms with E-state index in [0.717, 1.165) is 18.9 Å². The first-order valence-electron chi connectivity index (χ1n) is 5.34. The first-order chi connectivity index (χ1) is 7.05. The molecule has 0 aromatic carbocycles. The predicted molar refractivity (Wildman–Crippen MR) is 67.0 cm³/mol. The van der Waals surface area contributed by atoms with Gasteiger partial charge in [0.1, 0.15) is 0 Å². The molecule has 0 aromatic rings. The molecule has 3 heteroatoms. The Kier molecular flexibility index (Phi) is 7.02. The minimum Gasteiger partial charge on any atom is -0.411 e. The summed E-state index contributed by atoms with van der Waals surface area (Å²) in [6.07, 6.45) is 6.16. The summed E-state index contributed by atoms with van der Waals surface area (Å²) in [5.41, 5.74) is 0. The lowest BCUT2D eigenvalue weighted by Crippen LogP contribution is -2.34. The summed E-state index contributed by atoms with van der Waals surface area (Å²) >= 11 is 0. The summed E-state index contributed by atoms with van der Waals surface area (Å²) in [5.74, 6) is 0. The fourth-order valence-electron chi connectivity index (χ4n) is 1.42. The highest BCUT2D eigenvalue weighted by Gasteiger charge is 2.24. The van der Waals surface area contributed by atoms with Crippen LogP contribution in [-0.2, 0) is 4.43 Å². The van der Waals surface area contributed by atoms with Gasteiger partial charge in [-0.15, -0.1) is 13.2 Å². The van der Waals surface area contributed by atoms with Gasteiger partial charge in [0.05, 0.1) is 12.2 Å². The Balaban J connectivity index is 4.03. The van der Waals surface area contributed by atoms with E-state index in [0.29, 0.717) is 6.42 Å². The monoisotopic (exact) mass is 223 g/mol. The molecule has 0 amide bonds. The number of nitriles is 1. The van der Waals surface area contributed by atoms with E-state index < -0.39 is 8.32 Å². The van der Waals surface area contributed by atoms with Crippen molar-refractivity contribution in [3.8, 4) is 6.07 Å². The lowest BCUT2D eigenvalue weighted by atomic mass is 10.2. The molecule has 2 nitrogen and oxygen atoms in total. The molecule has 0 saturated heterocycles. The van der Waals surface area contributed by atoms with Crippen molar-refractivity contribution in [1.82, 2.24) is 0 Å². The summed E-state index contributed by atoms with van der Waals surface area (Å²) in [5, 5.41) is 8.47. The first kappa shape index (κ1) is 14.1. The lowest BCUT2D eigenvalue weighted by Gasteiger charge is -2.27. The van der Waals surface area contributed by atoms with Crippen LogP contribution in [0.5, 0.6) is 0 Å². The summed E-state index contributed by atoms with van der Waals surface area (Å²) < 4.78 is 6.01. The molecule has 0 bridgehead atoms. The molecule has 0 aliphatic carbocycles. The van der Waals surface area contributed by atoms with Crippen molar-refractivity contribution < 1.29 is 4.43 Å². The van der Waals surface area contributed by atoms with Crippen molar-refractivity contribution >= 4 is 8.32 Å². The predicted octanol–water partition coefficient (Wildman–Crippen LogP) is 3.64. The molecule has 0 aromatic heterocycles.